The van der Waals surface area contributed by atoms with Crippen molar-refractivity contribution in [1.29, 1.82) is 0 Å². The molecule has 0 aliphatic carbocycles. The average Bonchev–Trinajstić information content (AvgIpc) is 2.72. The summed E-state index contributed by atoms with van der Waals surface area (Å²) >= 11 is 0. The Hall–Kier alpha value is -1.39. The minimum atomic E-state index is -0.777. The second kappa shape index (κ2) is 4.71. The van der Waals surface area contributed by atoms with Crippen molar-refractivity contribution in [2.24, 2.45) is 11.3 Å². The maximum atomic E-state index is 11.5. The van der Waals surface area contributed by atoms with Crippen LogP contribution < -0.4 is 0 Å². The Balaban J connectivity index is 2.27. The van der Waals surface area contributed by atoms with E-state index < -0.39 is 11.4 Å². The van der Waals surface area contributed by atoms with Crippen LogP contribution in [-0.2, 0) is 24.2 Å². The maximum absolute atomic E-state index is 11.5. The molecule has 1 aliphatic heterocycles. The van der Waals surface area contributed by atoms with Crippen molar-refractivity contribution in [3.63, 3.8) is 0 Å². The molecule has 1 N–H and O–H groups in total. The van der Waals surface area contributed by atoms with E-state index in [1.54, 1.807) is 6.92 Å². The number of nitrogens with zero attached hydrogens (tertiary/aromatic N) is 3. The number of rotatable bonds is 4. The zero-order chi connectivity index (χ0) is 13.3. The van der Waals surface area contributed by atoms with E-state index in [1.165, 1.54) is 0 Å². The molecule has 0 spiro atoms. The highest BCUT2D eigenvalue weighted by atomic mass is 16.4. The van der Waals surface area contributed by atoms with Crippen molar-refractivity contribution in [2.45, 2.75) is 53.0 Å². The van der Waals surface area contributed by atoms with Gasteiger partial charge in [0.1, 0.15) is 11.6 Å². The van der Waals surface area contributed by atoms with Gasteiger partial charge in [0.25, 0.3) is 0 Å². The second-order valence-corrected chi connectivity index (χ2v) is 5.70. The number of carbonyl (C=O) groups is 1. The van der Waals surface area contributed by atoms with Gasteiger partial charge in [-0.3, -0.25) is 4.79 Å². The molecule has 0 aromatic carbocycles. The van der Waals surface area contributed by atoms with Gasteiger partial charge in [-0.15, -0.1) is 10.2 Å². The standard InChI is InChI=1S/C13H21N3O2/c1-9(2)13(3,12(17)18)8-11-15-14-10-6-4-5-7-16(10)11/h9H,4-8H2,1-3H3,(H,17,18). The van der Waals surface area contributed by atoms with Crippen LogP contribution in [0.3, 0.4) is 0 Å². The molecular weight excluding hydrogens is 230 g/mol. The van der Waals surface area contributed by atoms with Crippen LogP contribution in [0.2, 0.25) is 0 Å². The monoisotopic (exact) mass is 251 g/mol. The first-order chi connectivity index (χ1) is 8.45. The predicted molar refractivity (Wildman–Crippen MR) is 67.2 cm³/mol. The third-order valence-electron chi connectivity index (χ3n) is 4.22. The minimum absolute atomic E-state index is 0.0616. The molecule has 1 aromatic heterocycles. The first-order valence-electron chi connectivity index (χ1n) is 6.59. The van der Waals surface area contributed by atoms with Gasteiger partial charge in [-0.2, -0.15) is 0 Å². The van der Waals surface area contributed by atoms with Crippen LogP contribution in [0.1, 0.15) is 45.3 Å². The van der Waals surface area contributed by atoms with Crippen molar-refractivity contribution in [1.82, 2.24) is 14.8 Å². The lowest BCUT2D eigenvalue weighted by atomic mass is 9.76. The van der Waals surface area contributed by atoms with Crippen LogP contribution in [0.25, 0.3) is 0 Å². The predicted octanol–water partition coefficient (Wildman–Crippen LogP) is 1.90. The van der Waals surface area contributed by atoms with Crippen LogP contribution in [0.5, 0.6) is 0 Å². The van der Waals surface area contributed by atoms with Crippen molar-refractivity contribution in [2.75, 3.05) is 0 Å². The fraction of sp³-hybridized carbons (Fsp3) is 0.769. The minimum Gasteiger partial charge on any atom is -0.481 e. The van der Waals surface area contributed by atoms with Crippen molar-refractivity contribution >= 4 is 5.97 Å². The van der Waals surface area contributed by atoms with Gasteiger partial charge in [0.2, 0.25) is 0 Å². The first kappa shape index (κ1) is 13.1. The molecule has 0 radical (unpaired) electrons. The van der Waals surface area contributed by atoms with E-state index in [0.29, 0.717) is 6.42 Å². The summed E-state index contributed by atoms with van der Waals surface area (Å²) in [4.78, 5) is 11.5. The summed E-state index contributed by atoms with van der Waals surface area (Å²) in [5, 5.41) is 17.8. The normalized spacial score (nSPS) is 18.4. The lowest BCUT2D eigenvalue weighted by molar-refractivity contribution is -0.150. The Bertz CT molecular complexity index is 453. The van der Waals surface area contributed by atoms with E-state index in [9.17, 15) is 9.90 Å². The van der Waals surface area contributed by atoms with Gasteiger partial charge in [-0.05, 0) is 25.7 Å². The molecule has 0 bridgehead atoms. The molecule has 18 heavy (non-hydrogen) atoms. The van der Waals surface area contributed by atoms with E-state index in [1.807, 2.05) is 13.8 Å². The Morgan fingerprint density at radius 1 is 1.44 bits per heavy atom. The van der Waals surface area contributed by atoms with E-state index in [4.69, 9.17) is 0 Å². The van der Waals surface area contributed by atoms with Gasteiger partial charge < -0.3 is 9.67 Å². The number of aromatic nitrogens is 3. The Morgan fingerprint density at radius 3 is 2.78 bits per heavy atom. The van der Waals surface area contributed by atoms with Crippen LogP contribution in [0.4, 0.5) is 0 Å². The van der Waals surface area contributed by atoms with Gasteiger partial charge in [0, 0.05) is 19.4 Å². The number of fused-ring (bicyclic) bond motifs is 1. The molecule has 0 amide bonds. The molecule has 5 nitrogen and oxygen atoms in total. The number of hydrogen-bond acceptors (Lipinski definition) is 3. The van der Waals surface area contributed by atoms with Gasteiger partial charge in [0.05, 0.1) is 5.41 Å². The molecule has 2 heterocycles. The molecule has 100 valence electrons. The van der Waals surface area contributed by atoms with E-state index in [0.717, 1.165) is 37.5 Å². The highest BCUT2D eigenvalue weighted by molar-refractivity contribution is 5.74. The molecule has 1 unspecified atom stereocenters. The molecule has 1 aliphatic rings. The topological polar surface area (TPSA) is 68.0 Å². The first-order valence-corrected chi connectivity index (χ1v) is 6.59. The van der Waals surface area contributed by atoms with E-state index in [-0.39, 0.29) is 5.92 Å². The zero-order valence-electron chi connectivity index (χ0n) is 11.3. The maximum Gasteiger partial charge on any atom is 0.310 e. The quantitative estimate of drug-likeness (QED) is 0.887. The van der Waals surface area contributed by atoms with Crippen molar-refractivity contribution < 1.29 is 9.90 Å². The number of carboxylic acids is 1. The molecule has 0 fully saturated rings. The molecule has 5 heteroatoms. The molecule has 2 rings (SSSR count). The average molecular weight is 251 g/mol. The largest absolute Gasteiger partial charge is 0.481 e. The SMILES string of the molecule is CC(C)C(C)(Cc1nnc2n1CCCC2)C(=O)O. The van der Waals surface area contributed by atoms with Crippen LogP contribution in [0.15, 0.2) is 0 Å². The molecule has 0 saturated carbocycles. The molecule has 1 aromatic rings. The number of aliphatic carboxylic acids is 1. The summed E-state index contributed by atoms with van der Waals surface area (Å²) in [5.41, 5.74) is -0.777. The summed E-state index contributed by atoms with van der Waals surface area (Å²) in [6, 6.07) is 0. The lowest BCUT2D eigenvalue weighted by Crippen LogP contribution is -2.36. The van der Waals surface area contributed by atoms with Gasteiger partial charge in [-0.25, -0.2) is 0 Å². The van der Waals surface area contributed by atoms with Crippen LogP contribution >= 0.6 is 0 Å². The highest BCUT2D eigenvalue weighted by Gasteiger charge is 2.38. The van der Waals surface area contributed by atoms with E-state index in [2.05, 4.69) is 14.8 Å². The lowest BCUT2D eigenvalue weighted by Gasteiger charge is -2.29. The fourth-order valence-electron chi connectivity index (χ4n) is 2.35. The number of carboxylic acid groups (broad SMARTS) is 1. The van der Waals surface area contributed by atoms with Crippen LogP contribution in [-0.4, -0.2) is 25.8 Å². The Kier molecular flexibility index (Phi) is 3.41. The molecule has 1 atom stereocenters. The van der Waals surface area contributed by atoms with Crippen molar-refractivity contribution in [3.8, 4) is 0 Å². The summed E-state index contributed by atoms with van der Waals surface area (Å²) < 4.78 is 2.10. The summed E-state index contributed by atoms with van der Waals surface area (Å²) in [6.07, 6.45) is 3.69. The summed E-state index contributed by atoms with van der Waals surface area (Å²) in [6.45, 7) is 6.61. The second-order valence-electron chi connectivity index (χ2n) is 5.70. The van der Waals surface area contributed by atoms with Crippen molar-refractivity contribution in [3.05, 3.63) is 11.6 Å². The number of aryl methyl sites for hydroxylation is 1. The summed E-state index contributed by atoms with van der Waals surface area (Å²) in [5.74, 6) is 1.13. The Morgan fingerprint density at radius 2 is 2.17 bits per heavy atom. The van der Waals surface area contributed by atoms with Gasteiger partial charge >= 0.3 is 5.97 Å². The summed E-state index contributed by atoms with van der Waals surface area (Å²) in [7, 11) is 0. The highest BCUT2D eigenvalue weighted by Crippen LogP contribution is 2.32. The fourth-order valence-corrected chi connectivity index (χ4v) is 2.35. The van der Waals surface area contributed by atoms with E-state index >= 15 is 0 Å². The van der Waals surface area contributed by atoms with Crippen LogP contribution in [0, 0.1) is 11.3 Å². The molecule has 0 saturated heterocycles. The van der Waals surface area contributed by atoms with Gasteiger partial charge in [-0.1, -0.05) is 13.8 Å². The third kappa shape index (κ3) is 2.13. The number of hydrogen-bond donors (Lipinski definition) is 1. The smallest absolute Gasteiger partial charge is 0.310 e. The van der Waals surface area contributed by atoms with Gasteiger partial charge in [0.15, 0.2) is 0 Å². The zero-order valence-corrected chi connectivity index (χ0v) is 11.3. The third-order valence-corrected chi connectivity index (χ3v) is 4.22. The molecular formula is C13H21N3O2. The Labute approximate surface area is 107 Å².